The topological polar surface area (TPSA) is 51.2 Å². The summed E-state index contributed by atoms with van der Waals surface area (Å²) in [6.07, 6.45) is -0.498. The van der Waals surface area contributed by atoms with Crippen LogP contribution in [0.4, 0.5) is 10.5 Å². The fraction of sp³-hybridized carbons (Fsp3) is 0.167. The number of carbonyl (C=O) groups is 1. The molecule has 1 aromatic carbocycles. The lowest BCUT2D eigenvalue weighted by atomic mass is 10.2. The number of amides is 1. The highest BCUT2D eigenvalue weighted by atomic mass is 35.5. The van der Waals surface area contributed by atoms with E-state index in [2.05, 4.69) is 10.3 Å². The molecule has 0 aliphatic rings. The van der Waals surface area contributed by atoms with Crippen molar-refractivity contribution in [2.75, 3.05) is 11.9 Å². The number of benzene rings is 1. The quantitative estimate of drug-likeness (QED) is 0.831. The van der Waals surface area contributed by atoms with Crippen LogP contribution in [0.5, 0.6) is 0 Å². The molecular formula is C12H11ClN2O2. The van der Waals surface area contributed by atoms with E-state index in [4.69, 9.17) is 16.3 Å². The molecule has 17 heavy (non-hydrogen) atoms. The predicted octanol–water partition coefficient (Wildman–Crippen LogP) is 3.46. The molecule has 0 saturated heterocycles. The van der Waals surface area contributed by atoms with Crippen molar-refractivity contribution in [1.29, 1.82) is 0 Å². The number of carbonyl (C=O) groups excluding carboxylic acids is 1. The van der Waals surface area contributed by atoms with Crippen molar-refractivity contribution < 1.29 is 9.53 Å². The van der Waals surface area contributed by atoms with E-state index in [0.717, 1.165) is 5.39 Å². The highest BCUT2D eigenvalue weighted by molar-refractivity contribution is 6.29. The summed E-state index contributed by atoms with van der Waals surface area (Å²) >= 11 is 5.83. The lowest BCUT2D eigenvalue weighted by Crippen LogP contribution is -2.13. The van der Waals surface area contributed by atoms with E-state index in [1.165, 1.54) is 0 Å². The molecule has 1 amide bonds. The van der Waals surface area contributed by atoms with Crippen molar-refractivity contribution in [1.82, 2.24) is 4.98 Å². The van der Waals surface area contributed by atoms with Gasteiger partial charge in [0, 0.05) is 5.39 Å². The molecule has 0 radical (unpaired) electrons. The molecule has 0 spiro atoms. The molecule has 5 heteroatoms. The maximum absolute atomic E-state index is 11.3. The van der Waals surface area contributed by atoms with Gasteiger partial charge in [-0.1, -0.05) is 23.7 Å². The molecule has 2 rings (SSSR count). The standard InChI is InChI=1S/C12H11ClN2O2/c1-2-17-12(16)14-9-5-3-4-8-6-7-10(13)15-11(8)9/h3-7H,2H2,1H3,(H,14,16). The van der Waals surface area contributed by atoms with Crippen molar-refractivity contribution in [3.05, 3.63) is 35.5 Å². The molecule has 4 nitrogen and oxygen atoms in total. The first-order valence-corrected chi connectivity index (χ1v) is 5.57. The number of anilines is 1. The molecule has 88 valence electrons. The van der Waals surface area contributed by atoms with E-state index >= 15 is 0 Å². The molecule has 1 heterocycles. The normalized spacial score (nSPS) is 10.2. The van der Waals surface area contributed by atoms with E-state index in [9.17, 15) is 4.79 Å². The minimum Gasteiger partial charge on any atom is -0.450 e. The summed E-state index contributed by atoms with van der Waals surface area (Å²) in [6, 6.07) is 9.04. The van der Waals surface area contributed by atoms with Crippen LogP contribution < -0.4 is 5.32 Å². The molecule has 2 aromatic rings. The maximum Gasteiger partial charge on any atom is 0.411 e. The summed E-state index contributed by atoms with van der Waals surface area (Å²) in [4.78, 5) is 15.5. The van der Waals surface area contributed by atoms with Crippen LogP contribution in [0.25, 0.3) is 10.9 Å². The summed E-state index contributed by atoms with van der Waals surface area (Å²) in [5, 5.41) is 3.92. The van der Waals surface area contributed by atoms with E-state index in [1.54, 1.807) is 19.1 Å². The zero-order valence-electron chi connectivity index (χ0n) is 9.24. The van der Waals surface area contributed by atoms with E-state index in [0.29, 0.717) is 23.0 Å². The van der Waals surface area contributed by atoms with Crippen LogP contribution in [0.2, 0.25) is 5.15 Å². The second kappa shape index (κ2) is 5.01. The third kappa shape index (κ3) is 2.65. The molecule has 1 aromatic heterocycles. The van der Waals surface area contributed by atoms with Crippen LogP contribution in [0, 0.1) is 0 Å². The lowest BCUT2D eigenvalue weighted by molar-refractivity contribution is 0.168. The Kier molecular flexibility index (Phi) is 3.44. The number of hydrogen-bond acceptors (Lipinski definition) is 3. The zero-order chi connectivity index (χ0) is 12.3. The largest absolute Gasteiger partial charge is 0.450 e. The molecule has 0 fully saturated rings. The number of hydrogen-bond donors (Lipinski definition) is 1. The monoisotopic (exact) mass is 250 g/mol. The van der Waals surface area contributed by atoms with Gasteiger partial charge in [-0.3, -0.25) is 5.32 Å². The Morgan fingerprint density at radius 2 is 2.24 bits per heavy atom. The molecule has 0 unspecified atom stereocenters. The average molecular weight is 251 g/mol. The van der Waals surface area contributed by atoms with E-state index < -0.39 is 6.09 Å². The minimum atomic E-state index is -0.498. The summed E-state index contributed by atoms with van der Waals surface area (Å²) in [6.45, 7) is 2.07. The van der Waals surface area contributed by atoms with E-state index in [1.807, 2.05) is 18.2 Å². The molecule has 0 atom stereocenters. The zero-order valence-corrected chi connectivity index (χ0v) is 9.99. The maximum atomic E-state index is 11.3. The fourth-order valence-electron chi connectivity index (χ4n) is 1.50. The van der Waals surface area contributed by atoms with Gasteiger partial charge in [-0.15, -0.1) is 0 Å². The van der Waals surface area contributed by atoms with E-state index in [-0.39, 0.29) is 0 Å². The Morgan fingerprint density at radius 1 is 1.41 bits per heavy atom. The van der Waals surface area contributed by atoms with Crippen LogP contribution in [-0.4, -0.2) is 17.7 Å². The van der Waals surface area contributed by atoms with Gasteiger partial charge in [-0.05, 0) is 25.1 Å². The van der Waals surface area contributed by atoms with Gasteiger partial charge < -0.3 is 4.74 Å². The van der Waals surface area contributed by atoms with Crippen LogP contribution >= 0.6 is 11.6 Å². The van der Waals surface area contributed by atoms with Gasteiger partial charge in [0.1, 0.15) is 5.15 Å². The van der Waals surface area contributed by atoms with Gasteiger partial charge in [-0.25, -0.2) is 9.78 Å². The summed E-state index contributed by atoms with van der Waals surface area (Å²) < 4.78 is 4.81. The van der Waals surface area contributed by atoms with Crippen molar-refractivity contribution >= 4 is 34.3 Å². The second-order valence-electron chi connectivity index (χ2n) is 3.36. The average Bonchev–Trinajstić information content (AvgIpc) is 2.30. The number of ether oxygens (including phenoxy) is 1. The Balaban J connectivity index is 2.39. The van der Waals surface area contributed by atoms with Crippen molar-refractivity contribution in [2.45, 2.75) is 6.92 Å². The molecule has 0 bridgehead atoms. The van der Waals surface area contributed by atoms with Gasteiger partial charge in [0.25, 0.3) is 0 Å². The molecule has 0 aliphatic heterocycles. The number of fused-ring (bicyclic) bond motifs is 1. The Labute approximate surface area is 104 Å². The minimum absolute atomic E-state index is 0.324. The van der Waals surface area contributed by atoms with Crippen LogP contribution in [0.3, 0.4) is 0 Å². The summed E-state index contributed by atoms with van der Waals surface area (Å²) in [5.74, 6) is 0. The number of pyridine rings is 1. The van der Waals surface area contributed by atoms with Crippen LogP contribution in [0.1, 0.15) is 6.92 Å². The first-order valence-electron chi connectivity index (χ1n) is 5.19. The first-order chi connectivity index (χ1) is 8.20. The highest BCUT2D eigenvalue weighted by Gasteiger charge is 2.07. The molecular weight excluding hydrogens is 240 g/mol. The number of nitrogens with one attached hydrogen (secondary N) is 1. The third-order valence-corrected chi connectivity index (χ3v) is 2.41. The Bertz CT molecular complexity index is 557. The van der Waals surface area contributed by atoms with Gasteiger partial charge in [-0.2, -0.15) is 0 Å². The van der Waals surface area contributed by atoms with Gasteiger partial charge in [0.05, 0.1) is 17.8 Å². The van der Waals surface area contributed by atoms with Gasteiger partial charge >= 0.3 is 6.09 Å². The van der Waals surface area contributed by atoms with Crippen molar-refractivity contribution in [2.24, 2.45) is 0 Å². The molecule has 0 saturated carbocycles. The first kappa shape index (κ1) is 11.7. The smallest absolute Gasteiger partial charge is 0.411 e. The van der Waals surface area contributed by atoms with Gasteiger partial charge in [0.15, 0.2) is 0 Å². The van der Waals surface area contributed by atoms with Crippen molar-refractivity contribution in [3.63, 3.8) is 0 Å². The van der Waals surface area contributed by atoms with Crippen LogP contribution in [0.15, 0.2) is 30.3 Å². The molecule has 1 N–H and O–H groups in total. The molecule has 0 aliphatic carbocycles. The summed E-state index contributed by atoms with van der Waals surface area (Å²) in [5.41, 5.74) is 1.23. The SMILES string of the molecule is CCOC(=O)Nc1cccc2ccc(Cl)nc12. The van der Waals surface area contributed by atoms with Crippen LogP contribution in [-0.2, 0) is 4.74 Å². The van der Waals surface area contributed by atoms with Crippen molar-refractivity contribution in [3.8, 4) is 0 Å². The number of rotatable bonds is 2. The summed E-state index contributed by atoms with van der Waals surface area (Å²) in [7, 11) is 0. The number of para-hydroxylation sites is 1. The Hall–Kier alpha value is -1.81. The second-order valence-corrected chi connectivity index (χ2v) is 3.74. The fourth-order valence-corrected chi connectivity index (χ4v) is 1.65. The number of aromatic nitrogens is 1. The number of nitrogens with zero attached hydrogens (tertiary/aromatic N) is 1. The predicted molar refractivity (Wildman–Crippen MR) is 67.4 cm³/mol. The number of halogens is 1. The van der Waals surface area contributed by atoms with Gasteiger partial charge in [0.2, 0.25) is 0 Å². The highest BCUT2D eigenvalue weighted by Crippen LogP contribution is 2.23. The Morgan fingerprint density at radius 3 is 3.00 bits per heavy atom. The lowest BCUT2D eigenvalue weighted by Gasteiger charge is -2.07. The third-order valence-electron chi connectivity index (χ3n) is 2.20.